The van der Waals surface area contributed by atoms with Crippen LogP contribution in [0.3, 0.4) is 0 Å². The molecule has 0 aliphatic carbocycles. The van der Waals surface area contributed by atoms with Gasteiger partial charge in [0.05, 0.1) is 0 Å². The fourth-order valence-corrected chi connectivity index (χ4v) is 6.34. The molecule has 0 amide bonds. The number of fused-ring (bicyclic) bond motifs is 1. The molecule has 0 saturated carbocycles. The second-order valence-corrected chi connectivity index (χ2v) is 9.28. The Balaban J connectivity index is 1.30. The van der Waals surface area contributed by atoms with E-state index < -0.39 is 13.8 Å². The summed E-state index contributed by atoms with van der Waals surface area (Å²) in [5, 5.41) is 0. The Hall–Kier alpha value is -1.68. The van der Waals surface area contributed by atoms with Gasteiger partial charge < -0.3 is 0 Å². The number of hydrogen-bond donors (Lipinski definition) is 0. The third kappa shape index (κ3) is 3.25. The van der Waals surface area contributed by atoms with E-state index in [1.54, 1.807) is 0 Å². The third-order valence-corrected chi connectivity index (χ3v) is 7.80. The van der Waals surface area contributed by atoms with Gasteiger partial charge in [0.2, 0.25) is 0 Å². The maximum absolute atomic E-state index is 12.3. The van der Waals surface area contributed by atoms with E-state index in [9.17, 15) is 3.83 Å². The average molecular weight is 388 g/mol. The predicted molar refractivity (Wildman–Crippen MR) is 99.8 cm³/mol. The van der Waals surface area contributed by atoms with Gasteiger partial charge in [-0.25, -0.2) is 0 Å². The van der Waals surface area contributed by atoms with E-state index in [0.29, 0.717) is 0 Å². The molecule has 4 rings (SSSR count). The topological polar surface area (TPSA) is 26.8 Å². The van der Waals surface area contributed by atoms with Gasteiger partial charge in [0.1, 0.15) is 0 Å². The molecule has 5 heteroatoms. The molecule has 2 aliphatic heterocycles. The fraction of sp³-hybridized carbons (Fsp3) is 0.368. The van der Waals surface area contributed by atoms with Crippen LogP contribution in [0.2, 0.25) is 0 Å². The fourth-order valence-electron chi connectivity index (χ4n) is 3.51. The predicted octanol–water partition coefficient (Wildman–Crippen LogP) is 1.50. The van der Waals surface area contributed by atoms with E-state index in [0.717, 1.165) is 49.2 Å². The van der Waals surface area contributed by atoms with E-state index in [1.807, 2.05) is 12.1 Å². The second kappa shape index (κ2) is 7.06. The monoisotopic (exact) mass is 389 g/mol. The van der Waals surface area contributed by atoms with Gasteiger partial charge in [-0.2, -0.15) is 0 Å². The molecule has 0 bridgehead atoms. The van der Waals surface area contributed by atoms with E-state index in [2.05, 4.69) is 57.2 Å². The summed E-state index contributed by atoms with van der Waals surface area (Å²) < 4.78 is 13.4. The minimum absolute atomic E-state index is 0.739. The van der Waals surface area contributed by atoms with E-state index in [1.165, 1.54) is 11.4 Å². The third-order valence-electron chi connectivity index (χ3n) is 4.90. The van der Waals surface area contributed by atoms with Crippen molar-refractivity contribution in [3.63, 3.8) is 0 Å². The zero-order valence-electron chi connectivity index (χ0n) is 13.8. The summed E-state index contributed by atoms with van der Waals surface area (Å²) in [5.41, 5.74) is 3.26. The molecule has 0 spiro atoms. The van der Waals surface area contributed by atoms with Crippen molar-refractivity contribution in [2.24, 2.45) is 0 Å². The van der Waals surface area contributed by atoms with Crippen molar-refractivity contribution >= 4 is 29.7 Å². The first-order valence-electron chi connectivity index (χ1n) is 8.56. The normalized spacial score (nSPS) is 21.1. The molecule has 0 radical (unpaired) electrons. The van der Waals surface area contributed by atoms with E-state index in [4.69, 9.17) is 0 Å². The summed E-state index contributed by atoms with van der Waals surface area (Å²) in [4.78, 5) is 7.30. The van der Waals surface area contributed by atoms with Crippen molar-refractivity contribution in [2.75, 3.05) is 54.5 Å². The number of piperazine rings is 1. The summed E-state index contributed by atoms with van der Waals surface area (Å²) in [6, 6.07) is 18.9. The van der Waals surface area contributed by atoms with Crippen LogP contribution >= 0.6 is 0 Å². The number of anilines is 2. The average Bonchev–Trinajstić information content (AvgIpc) is 2.98. The van der Waals surface area contributed by atoms with Crippen molar-refractivity contribution in [3.05, 3.63) is 54.6 Å². The molecule has 126 valence electrons. The Bertz CT molecular complexity index is 714. The molecular weight excluding hydrogens is 365 g/mol. The molecule has 2 heterocycles. The zero-order valence-corrected chi connectivity index (χ0v) is 15.5. The van der Waals surface area contributed by atoms with Crippen LogP contribution in [0.15, 0.2) is 54.6 Å². The summed E-state index contributed by atoms with van der Waals surface area (Å²) in [5.74, 6) is 0. The van der Waals surface area contributed by atoms with Gasteiger partial charge in [0.15, 0.2) is 0 Å². The number of rotatable bonds is 4. The summed E-state index contributed by atoms with van der Waals surface area (Å²) in [6.45, 7) is 6.39. The van der Waals surface area contributed by atoms with Crippen molar-refractivity contribution in [1.29, 1.82) is 0 Å². The molecule has 1 atom stereocenters. The summed E-state index contributed by atoms with van der Waals surface area (Å²) in [6.07, 6.45) is 0. The number of hydrogen-bond acceptors (Lipinski definition) is 4. The standard InChI is InChI=1S/C19H23N3OSe/c23-24-16-22(18-8-4-5-9-19(18)24)15-12-20-10-13-21(14-11-20)17-6-2-1-3-7-17/h1-9H,10-16H2. The van der Waals surface area contributed by atoms with Gasteiger partial charge in [0, 0.05) is 0 Å². The SMILES string of the molecule is O=[Se]1CN(CCN2CCN(c3ccccc3)CC2)c2ccccc21. The van der Waals surface area contributed by atoms with Crippen LogP contribution < -0.4 is 14.3 Å². The van der Waals surface area contributed by atoms with Gasteiger partial charge in [-0.1, -0.05) is 0 Å². The van der Waals surface area contributed by atoms with Crippen molar-refractivity contribution in [3.8, 4) is 0 Å². The molecule has 2 aromatic carbocycles. The van der Waals surface area contributed by atoms with Crippen molar-refractivity contribution < 1.29 is 3.83 Å². The Labute approximate surface area is 147 Å². The van der Waals surface area contributed by atoms with Crippen LogP contribution in [0.25, 0.3) is 0 Å². The van der Waals surface area contributed by atoms with Gasteiger partial charge >= 0.3 is 148 Å². The first-order valence-corrected chi connectivity index (χ1v) is 11.3. The van der Waals surface area contributed by atoms with Crippen LogP contribution in [0.5, 0.6) is 0 Å². The van der Waals surface area contributed by atoms with Crippen LogP contribution in [0.1, 0.15) is 0 Å². The molecular formula is C19H23N3OSe. The molecule has 1 unspecified atom stereocenters. The molecule has 2 aliphatic rings. The molecule has 1 fully saturated rings. The van der Waals surface area contributed by atoms with Crippen molar-refractivity contribution in [1.82, 2.24) is 4.90 Å². The van der Waals surface area contributed by atoms with Gasteiger partial charge in [-0.05, 0) is 0 Å². The maximum atomic E-state index is 12.3. The zero-order chi connectivity index (χ0) is 16.4. The van der Waals surface area contributed by atoms with Crippen LogP contribution in [-0.2, 0) is 3.83 Å². The van der Waals surface area contributed by atoms with E-state index >= 15 is 0 Å². The number of para-hydroxylation sites is 2. The molecule has 1 saturated heterocycles. The van der Waals surface area contributed by atoms with E-state index in [-0.39, 0.29) is 0 Å². The molecule has 2 aromatic rings. The molecule has 0 aromatic heterocycles. The number of benzene rings is 2. The Morgan fingerprint density at radius 1 is 0.833 bits per heavy atom. The second-order valence-electron chi connectivity index (χ2n) is 6.37. The van der Waals surface area contributed by atoms with Gasteiger partial charge in [-0.15, -0.1) is 0 Å². The summed E-state index contributed by atoms with van der Waals surface area (Å²) >= 11 is -1.84. The van der Waals surface area contributed by atoms with Crippen LogP contribution in [0, 0.1) is 0 Å². The Morgan fingerprint density at radius 2 is 1.54 bits per heavy atom. The van der Waals surface area contributed by atoms with Crippen LogP contribution in [0.4, 0.5) is 11.4 Å². The molecule has 24 heavy (non-hydrogen) atoms. The first-order chi connectivity index (χ1) is 11.8. The summed E-state index contributed by atoms with van der Waals surface area (Å²) in [7, 11) is 0. The quantitative estimate of drug-likeness (QED) is 0.742. The minimum atomic E-state index is -1.84. The van der Waals surface area contributed by atoms with Gasteiger partial charge in [0.25, 0.3) is 0 Å². The molecule has 0 N–H and O–H groups in total. The van der Waals surface area contributed by atoms with Crippen LogP contribution in [-0.4, -0.2) is 63.4 Å². The van der Waals surface area contributed by atoms with Crippen molar-refractivity contribution in [2.45, 2.75) is 0 Å². The van der Waals surface area contributed by atoms with Gasteiger partial charge in [-0.3, -0.25) is 0 Å². The first kappa shape index (κ1) is 15.8. The Kier molecular flexibility index (Phi) is 4.65. The Morgan fingerprint density at radius 3 is 2.33 bits per heavy atom. The molecule has 4 nitrogen and oxygen atoms in total. The number of nitrogens with zero attached hydrogens (tertiary/aromatic N) is 3.